The van der Waals surface area contributed by atoms with Crippen LogP contribution in [0.25, 0.3) is 0 Å². The predicted molar refractivity (Wildman–Crippen MR) is 80.5 cm³/mol. The van der Waals surface area contributed by atoms with Crippen LogP contribution in [0.2, 0.25) is 0 Å². The molecule has 0 bridgehead atoms. The normalized spacial score (nSPS) is 11.5. The number of thiophene rings is 2. The lowest BCUT2D eigenvalue weighted by molar-refractivity contribution is 0.0944. The molecule has 0 saturated heterocycles. The minimum atomic E-state index is -0.0859. The van der Waals surface area contributed by atoms with E-state index in [1.165, 1.54) is 11.3 Å². The molecule has 2 rings (SSSR count). The minimum absolute atomic E-state index is 0.00455. The highest BCUT2D eigenvalue weighted by Gasteiger charge is 2.15. The zero-order valence-corrected chi connectivity index (χ0v) is 12.1. The van der Waals surface area contributed by atoms with Crippen molar-refractivity contribution in [3.8, 4) is 11.8 Å². The van der Waals surface area contributed by atoms with Crippen LogP contribution in [0.15, 0.2) is 29.0 Å². The Morgan fingerprint density at radius 1 is 1.42 bits per heavy atom. The van der Waals surface area contributed by atoms with Crippen molar-refractivity contribution in [1.82, 2.24) is 5.32 Å². The molecule has 1 unspecified atom stereocenters. The van der Waals surface area contributed by atoms with Crippen LogP contribution in [0.5, 0.6) is 0 Å². The van der Waals surface area contributed by atoms with Gasteiger partial charge in [0, 0.05) is 10.4 Å². The fourth-order valence-electron chi connectivity index (χ4n) is 1.60. The molecule has 2 aromatic heterocycles. The molecule has 0 saturated carbocycles. The van der Waals surface area contributed by atoms with Gasteiger partial charge in [-0.15, -0.1) is 22.7 Å². The van der Waals surface area contributed by atoms with Gasteiger partial charge in [0.25, 0.3) is 5.91 Å². The fraction of sp³-hybridized carbons (Fsp3) is 0.214. The molecule has 19 heavy (non-hydrogen) atoms. The summed E-state index contributed by atoms with van der Waals surface area (Å²) in [6, 6.07) is 5.84. The van der Waals surface area contributed by atoms with Crippen molar-refractivity contribution in [3.63, 3.8) is 0 Å². The standard InChI is InChI=1S/C14H14N2OS2/c1-10(12-5-3-8-18-12)16-14(17)13-11(4-2-7-15)6-9-19-13/h3,5-6,8-10H,7,15H2,1H3,(H,16,17). The predicted octanol–water partition coefficient (Wildman–Crippen LogP) is 2.61. The molecule has 0 aliphatic carbocycles. The molecule has 0 aliphatic heterocycles. The second-order valence-corrected chi connectivity index (χ2v) is 5.78. The van der Waals surface area contributed by atoms with Crippen LogP contribution in [0, 0.1) is 11.8 Å². The summed E-state index contributed by atoms with van der Waals surface area (Å²) in [5.74, 6) is 5.61. The van der Waals surface area contributed by atoms with E-state index in [1.807, 2.05) is 35.9 Å². The van der Waals surface area contributed by atoms with Gasteiger partial charge in [-0.25, -0.2) is 0 Å². The van der Waals surface area contributed by atoms with Gasteiger partial charge in [0.15, 0.2) is 0 Å². The second kappa shape index (κ2) is 6.53. The molecule has 2 aromatic rings. The van der Waals surface area contributed by atoms with E-state index in [1.54, 1.807) is 11.3 Å². The summed E-state index contributed by atoms with van der Waals surface area (Å²) in [7, 11) is 0. The average molecular weight is 290 g/mol. The number of carbonyl (C=O) groups excluding carboxylic acids is 1. The van der Waals surface area contributed by atoms with Crippen molar-refractivity contribution in [1.29, 1.82) is 0 Å². The van der Waals surface area contributed by atoms with Crippen molar-refractivity contribution in [2.24, 2.45) is 5.73 Å². The Morgan fingerprint density at radius 2 is 2.26 bits per heavy atom. The third-order valence-corrected chi connectivity index (χ3v) is 4.48. The Bertz CT molecular complexity index is 605. The number of carbonyl (C=O) groups is 1. The van der Waals surface area contributed by atoms with Gasteiger partial charge in [0.2, 0.25) is 0 Å². The van der Waals surface area contributed by atoms with Crippen molar-refractivity contribution in [3.05, 3.63) is 44.3 Å². The number of nitrogens with two attached hydrogens (primary N) is 1. The van der Waals surface area contributed by atoms with Gasteiger partial charge in [0.1, 0.15) is 4.88 Å². The van der Waals surface area contributed by atoms with E-state index in [-0.39, 0.29) is 11.9 Å². The van der Waals surface area contributed by atoms with Crippen LogP contribution in [0.1, 0.15) is 33.1 Å². The van der Waals surface area contributed by atoms with E-state index in [9.17, 15) is 4.79 Å². The Labute approximate surface area is 120 Å². The van der Waals surface area contributed by atoms with Crippen molar-refractivity contribution < 1.29 is 4.79 Å². The first-order valence-corrected chi connectivity index (χ1v) is 7.59. The zero-order valence-electron chi connectivity index (χ0n) is 10.5. The van der Waals surface area contributed by atoms with E-state index >= 15 is 0 Å². The summed E-state index contributed by atoms with van der Waals surface area (Å²) >= 11 is 3.03. The highest BCUT2D eigenvalue weighted by atomic mass is 32.1. The molecule has 3 nitrogen and oxygen atoms in total. The lowest BCUT2D eigenvalue weighted by atomic mass is 10.2. The van der Waals surface area contributed by atoms with E-state index < -0.39 is 0 Å². The van der Waals surface area contributed by atoms with E-state index in [2.05, 4.69) is 17.2 Å². The molecule has 3 N–H and O–H groups in total. The Hall–Kier alpha value is -1.61. The van der Waals surface area contributed by atoms with E-state index in [4.69, 9.17) is 5.73 Å². The van der Waals surface area contributed by atoms with Crippen molar-refractivity contribution in [2.75, 3.05) is 6.54 Å². The monoisotopic (exact) mass is 290 g/mol. The third-order valence-electron chi connectivity index (χ3n) is 2.51. The number of rotatable bonds is 3. The highest BCUT2D eigenvalue weighted by Crippen LogP contribution is 2.21. The maximum Gasteiger partial charge on any atom is 0.263 e. The molecule has 5 heteroatoms. The van der Waals surface area contributed by atoms with Crippen LogP contribution in [-0.2, 0) is 0 Å². The van der Waals surface area contributed by atoms with Crippen molar-refractivity contribution in [2.45, 2.75) is 13.0 Å². The summed E-state index contributed by atoms with van der Waals surface area (Å²) in [5.41, 5.74) is 6.09. The number of nitrogens with one attached hydrogen (secondary N) is 1. The summed E-state index contributed by atoms with van der Waals surface area (Å²) in [6.45, 7) is 2.27. The third kappa shape index (κ3) is 3.44. The van der Waals surface area contributed by atoms with Gasteiger partial charge in [-0.05, 0) is 29.8 Å². The smallest absolute Gasteiger partial charge is 0.263 e. The Kier molecular flexibility index (Phi) is 4.74. The molecular formula is C14H14N2OS2. The van der Waals surface area contributed by atoms with Crippen LogP contribution < -0.4 is 11.1 Å². The molecule has 0 fully saturated rings. The fourth-order valence-corrected chi connectivity index (χ4v) is 3.09. The molecule has 2 heterocycles. The lowest BCUT2D eigenvalue weighted by Gasteiger charge is -2.11. The molecule has 0 spiro atoms. The summed E-state index contributed by atoms with van der Waals surface area (Å²) in [5, 5.41) is 6.85. The van der Waals surface area contributed by atoms with Gasteiger partial charge in [-0.3, -0.25) is 4.79 Å². The molecule has 98 valence electrons. The van der Waals surface area contributed by atoms with E-state index in [0.29, 0.717) is 11.4 Å². The number of hydrogen-bond donors (Lipinski definition) is 2. The molecule has 0 aromatic carbocycles. The van der Waals surface area contributed by atoms with Gasteiger partial charge in [-0.1, -0.05) is 17.9 Å². The Balaban J connectivity index is 2.10. The SMILES string of the molecule is CC(NC(=O)c1sccc1C#CCN)c1cccs1. The summed E-state index contributed by atoms with van der Waals surface area (Å²) in [6.07, 6.45) is 0. The maximum absolute atomic E-state index is 12.2. The molecule has 1 amide bonds. The maximum atomic E-state index is 12.2. The second-order valence-electron chi connectivity index (χ2n) is 3.88. The zero-order chi connectivity index (χ0) is 13.7. The summed E-state index contributed by atoms with van der Waals surface area (Å²) < 4.78 is 0. The van der Waals surface area contributed by atoms with Crippen LogP contribution in [0.3, 0.4) is 0 Å². The lowest BCUT2D eigenvalue weighted by Crippen LogP contribution is -2.25. The van der Waals surface area contributed by atoms with Gasteiger partial charge >= 0.3 is 0 Å². The topological polar surface area (TPSA) is 55.1 Å². The van der Waals surface area contributed by atoms with Gasteiger partial charge < -0.3 is 11.1 Å². The Morgan fingerprint density at radius 3 is 2.95 bits per heavy atom. The first kappa shape index (κ1) is 13.8. The number of amides is 1. The average Bonchev–Trinajstić information content (AvgIpc) is 3.07. The molecular weight excluding hydrogens is 276 g/mol. The van der Waals surface area contributed by atoms with Crippen molar-refractivity contribution >= 4 is 28.6 Å². The van der Waals surface area contributed by atoms with E-state index in [0.717, 1.165) is 10.4 Å². The molecule has 0 radical (unpaired) electrons. The summed E-state index contributed by atoms with van der Waals surface area (Å²) in [4.78, 5) is 14.0. The number of hydrogen-bond acceptors (Lipinski definition) is 4. The van der Waals surface area contributed by atoms with Gasteiger partial charge in [-0.2, -0.15) is 0 Å². The van der Waals surface area contributed by atoms with Gasteiger partial charge in [0.05, 0.1) is 12.6 Å². The quantitative estimate of drug-likeness (QED) is 0.854. The first-order valence-electron chi connectivity index (χ1n) is 5.83. The van der Waals surface area contributed by atoms with Crippen LogP contribution in [0.4, 0.5) is 0 Å². The first-order chi connectivity index (χ1) is 9.22. The van der Waals surface area contributed by atoms with Crippen LogP contribution >= 0.6 is 22.7 Å². The highest BCUT2D eigenvalue weighted by molar-refractivity contribution is 7.12. The molecule has 1 atom stereocenters. The molecule has 0 aliphatic rings. The van der Waals surface area contributed by atoms with Crippen LogP contribution in [-0.4, -0.2) is 12.5 Å². The largest absolute Gasteiger partial charge is 0.344 e. The minimum Gasteiger partial charge on any atom is -0.344 e.